The van der Waals surface area contributed by atoms with Crippen LogP contribution in [0.4, 0.5) is 0 Å². The maximum absolute atomic E-state index is 5.62. The Morgan fingerprint density at radius 1 is 1.22 bits per heavy atom. The van der Waals surface area contributed by atoms with E-state index in [-0.39, 0.29) is 0 Å². The Bertz CT molecular complexity index is 111. The minimum atomic E-state index is 0.906. The third-order valence-corrected chi connectivity index (χ3v) is 3.19. The first-order chi connectivity index (χ1) is 4.40. The summed E-state index contributed by atoms with van der Waals surface area (Å²) in [5.74, 6) is 3.01. The smallest absolute Gasteiger partial charge is 0.00461 e. The lowest BCUT2D eigenvalue weighted by Gasteiger charge is -2.18. The molecule has 0 heterocycles. The van der Waals surface area contributed by atoms with E-state index in [4.69, 9.17) is 5.73 Å². The Kier molecular flexibility index (Phi) is 1.26. The summed E-state index contributed by atoms with van der Waals surface area (Å²) in [7, 11) is 0. The molecule has 0 saturated heterocycles. The molecule has 2 aliphatic carbocycles. The SMILES string of the molecule is NC[C@H]1C[C@@H]2CC[C@@H]1C2. The molecule has 2 saturated carbocycles. The van der Waals surface area contributed by atoms with Gasteiger partial charge in [0.05, 0.1) is 0 Å². The summed E-state index contributed by atoms with van der Waals surface area (Å²) in [6.45, 7) is 0.946. The van der Waals surface area contributed by atoms with Crippen molar-refractivity contribution in [1.82, 2.24) is 0 Å². The van der Waals surface area contributed by atoms with E-state index in [1.165, 1.54) is 25.7 Å². The van der Waals surface area contributed by atoms with Crippen LogP contribution in [0.5, 0.6) is 0 Å². The lowest BCUT2D eigenvalue weighted by Crippen LogP contribution is -2.19. The van der Waals surface area contributed by atoms with Crippen LogP contribution in [0.3, 0.4) is 0 Å². The van der Waals surface area contributed by atoms with E-state index in [1.807, 2.05) is 0 Å². The molecule has 0 aliphatic heterocycles. The van der Waals surface area contributed by atoms with Crippen LogP contribution >= 0.6 is 0 Å². The highest BCUT2D eigenvalue weighted by atomic mass is 14.6. The van der Waals surface area contributed by atoms with E-state index in [9.17, 15) is 0 Å². The maximum atomic E-state index is 5.62. The highest BCUT2D eigenvalue weighted by Crippen LogP contribution is 2.47. The van der Waals surface area contributed by atoms with Crippen LogP contribution in [0.2, 0.25) is 0 Å². The maximum Gasteiger partial charge on any atom is -0.00461 e. The van der Waals surface area contributed by atoms with Gasteiger partial charge in [-0.1, -0.05) is 6.42 Å². The Morgan fingerprint density at radius 2 is 2.11 bits per heavy atom. The van der Waals surface area contributed by atoms with E-state index in [1.54, 1.807) is 0 Å². The summed E-state index contributed by atoms with van der Waals surface area (Å²) >= 11 is 0. The standard InChI is InChI=1S/C8H15N/c9-5-8-4-6-1-2-7(8)3-6/h6-8H,1-5,9H2/t6-,7-,8-/m1/s1. The minimum absolute atomic E-state index is 0.906. The fourth-order valence-corrected chi connectivity index (χ4v) is 2.67. The van der Waals surface area contributed by atoms with Crippen molar-refractivity contribution in [2.45, 2.75) is 25.7 Å². The summed E-state index contributed by atoms with van der Waals surface area (Å²) < 4.78 is 0. The second-order valence-electron chi connectivity index (χ2n) is 3.67. The van der Waals surface area contributed by atoms with Gasteiger partial charge in [-0.15, -0.1) is 0 Å². The van der Waals surface area contributed by atoms with Crippen LogP contribution in [0.15, 0.2) is 0 Å². The lowest BCUT2D eigenvalue weighted by molar-refractivity contribution is 0.341. The second-order valence-corrected chi connectivity index (χ2v) is 3.67. The molecular weight excluding hydrogens is 110 g/mol. The number of nitrogens with two attached hydrogens (primary N) is 1. The normalized spacial score (nSPS) is 48.3. The van der Waals surface area contributed by atoms with Gasteiger partial charge in [0.1, 0.15) is 0 Å². The van der Waals surface area contributed by atoms with Crippen LogP contribution in [-0.2, 0) is 0 Å². The number of rotatable bonds is 1. The molecule has 3 atom stereocenters. The topological polar surface area (TPSA) is 26.0 Å². The number of hydrogen-bond donors (Lipinski definition) is 1. The summed E-state index contributed by atoms with van der Waals surface area (Å²) in [5.41, 5.74) is 5.62. The van der Waals surface area contributed by atoms with Crippen molar-refractivity contribution < 1.29 is 0 Å². The Balaban J connectivity index is 2.01. The first kappa shape index (κ1) is 5.72. The molecule has 0 unspecified atom stereocenters. The molecule has 0 spiro atoms. The molecule has 1 heteroatoms. The molecular formula is C8H15N. The molecule has 0 radical (unpaired) electrons. The van der Waals surface area contributed by atoms with E-state index < -0.39 is 0 Å². The zero-order valence-corrected chi connectivity index (χ0v) is 5.84. The van der Waals surface area contributed by atoms with Gasteiger partial charge in [-0.2, -0.15) is 0 Å². The highest BCUT2D eigenvalue weighted by Gasteiger charge is 2.38. The third-order valence-electron chi connectivity index (χ3n) is 3.19. The first-order valence-electron chi connectivity index (χ1n) is 4.10. The fourth-order valence-electron chi connectivity index (χ4n) is 2.67. The van der Waals surface area contributed by atoms with Gasteiger partial charge < -0.3 is 5.73 Å². The molecule has 2 aliphatic rings. The first-order valence-corrected chi connectivity index (χ1v) is 4.10. The highest BCUT2D eigenvalue weighted by molar-refractivity contribution is 4.89. The van der Waals surface area contributed by atoms with Gasteiger partial charge in [0.15, 0.2) is 0 Å². The van der Waals surface area contributed by atoms with Crippen molar-refractivity contribution >= 4 is 0 Å². The summed E-state index contributed by atoms with van der Waals surface area (Å²) in [5, 5.41) is 0. The van der Waals surface area contributed by atoms with Crippen molar-refractivity contribution in [2.75, 3.05) is 6.54 Å². The second kappa shape index (κ2) is 1.98. The average Bonchev–Trinajstić information content (AvgIpc) is 2.45. The molecule has 52 valence electrons. The van der Waals surface area contributed by atoms with Crippen molar-refractivity contribution in [1.29, 1.82) is 0 Å². The van der Waals surface area contributed by atoms with E-state index in [0.717, 1.165) is 24.3 Å². The molecule has 2 bridgehead atoms. The predicted octanol–water partition coefficient (Wildman–Crippen LogP) is 1.38. The zero-order chi connectivity index (χ0) is 6.27. The summed E-state index contributed by atoms with van der Waals surface area (Å²) in [4.78, 5) is 0. The van der Waals surface area contributed by atoms with Crippen LogP contribution in [0, 0.1) is 17.8 Å². The minimum Gasteiger partial charge on any atom is -0.330 e. The lowest BCUT2D eigenvalue weighted by atomic mass is 9.89. The van der Waals surface area contributed by atoms with Crippen LogP contribution in [0.25, 0.3) is 0 Å². The Morgan fingerprint density at radius 3 is 2.44 bits per heavy atom. The molecule has 2 N–H and O–H groups in total. The monoisotopic (exact) mass is 125 g/mol. The fraction of sp³-hybridized carbons (Fsp3) is 1.00. The van der Waals surface area contributed by atoms with Gasteiger partial charge in [0.2, 0.25) is 0 Å². The Labute approximate surface area is 56.6 Å². The number of hydrogen-bond acceptors (Lipinski definition) is 1. The third kappa shape index (κ3) is 0.787. The van der Waals surface area contributed by atoms with Crippen LogP contribution in [0.1, 0.15) is 25.7 Å². The average molecular weight is 125 g/mol. The van der Waals surface area contributed by atoms with Crippen LogP contribution < -0.4 is 5.73 Å². The zero-order valence-electron chi connectivity index (χ0n) is 5.84. The number of fused-ring (bicyclic) bond motifs is 2. The van der Waals surface area contributed by atoms with Gasteiger partial charge in [0, 0.05) is 0 Å². The van der Waals surface area contributed by atoms with Gasteiger partial charge in [-0.25, -0.2) is 0 Å². The predicted molar refractivity (Wildman–Crippen MR) is 38.0 cm³/mol. The van der Waals surface area contributed by atoms with Gasteiger partial charge in [-0.05, 0) is 43.6 Å². The van der Waals surface area contributed by atoms with Crippen molar-refractivity contribution in [3.8, 4) is 0 Å². The van der Waals surface area contributed by atoms with E-state index in [0.29, 0.717) is 0 Å². The van der Waals surface area contributed by atoms with E-state index >= 15 is 0 Å². The summed E-state index contributed by atoms with van der Waals surface area (Å²) in [6.07, 6.45) is 5.93. The van der Waals surface area contributed by atoms with Gasteiger partial charge in [0.25, 0.3) is 0 Å². The molecule has 1 nitrogen and oxygen atoms in total. The molecule has 0 aromatic carbocycles. The largest absolute Gasteiger partial charge is 0.330 e. The molecule has 0 amide bonds. The molecule has 9 heavy (non-hydrogen) atoms. The molecule has 0 aromatic heterocycles. The van der Waals surface area contributed by atoms with E-state index in [2.05, 4.69) is 0 Å². The molecule has 0 aromatic rings. The van der Waals surface area contributed by atoms with Crippen molar-refractivity contribution in [3.63, 3.8) is 0 Å². The van der Waals surface area contributed by atoms with Gasteiger partial charge >= 0.3 is 0 Å². The van der Waals surface area contributed by atoms with Crippen molar-refractivity contribution in [3.05, 3.63) is 0 Å². The summed E-state index contributed by atoms with van der Waals surface area (Å²) in [6, 6.07) is 0. The van der Waals surface area contributed by atoms with Crippen molar-refractivity contribution in [2.24, 2.45) is 23.5 Å². The molecule has 2 rings (SSSR count). The Hall–Kier alpha value is -0.0400. The van der Waals surface area contributed by atoms with Gasteiger partial charge in [-0.3, -0.25) is 0 Å². The quantitative estimate of drug-likeness (QED) is 0.563. The van der Waals surface area contributed by atoms with Crippen LogP contribution in [-0.4, -0.2) is 6.54 Å². The molecule has 2 fully saturated rings.